The van der Waals surface area contributed by atoms with Gasteiger partial charge >= 0.3 is 0 Å². The zero-order valence-electron chi connectivity index (χ0n) is 12.1. The first-order valence-electron chi connectivity index (χ1n) is 6.76. The summed E-state index contributed by atoms with van der Waals surface area (Å²) in [6.07, 6.45) is 0. The number of benzene rings is 2. The molecule has 3 nitrogen and oxygen atoms in total. The fraction of sp³-hybridized carbons (Fsp3) is 0.235. The number of carbonyl (C=O) groups excluding carboxylic acids is 1. The van der Waals surface area contributed by atoms with Crippen LogP contribution in [0.15, 0.2) is 48.5 Å². The molecule has 0 aliphatic rings. The zero-order chi connectivity index (χ0) is 14.5. The van der Waals surface area contributed by atoms with Gasteiger partial charge in [0.2, 0.25) is 0 Å². The minimum atomic E-state index is -0.0720. The number of hydrogen-bond donors (Lipinski definition) is 2. The van der Waals surface area contributed by atoms with E-state index in [2.05, 4.69) is 36.6 Å². The molecule has 0 saturated heterocycles. The van der Waals surface area contributed by atoms with Crippen molar-refractivity contribution in [2.24, 2.45) is 0 Å². The third kappa shape index (κ3) is 3.18. The third-order valence-corrected chi connectivity index (χ3v) is 3.39. The predicted octanol–water partition coefficient (Wildman–Crippen LogP) is 3.53. The van der Waals surface area contributed by atoms with Gasteiger partial charge in [-0.05, 0) is 43.2 Å². The number of carbonyl (C=O) groups is 1. The van der Waals surface area contributed by atoms with Crippen LogP contribution in [0.25, 0.3) is 0 Å². The van der Waals surface area contributed by atoms with Gasteiger partial charge in [0.15, 0.2) is 0 Å². The lowest BCUT2D eigenvalue weighted by atomic mass is 10.0. The molecule has 0 aromatic heterocycles. The van der Waals surface area contributed by atoms with E-state index >= 15 is 0 Å². The molecule has 0 spiro atoms. The van der Waals surface area contributed by atoms with Gasteiger partial charge in [-0.25, -0.2) is 0 Å². The van der Waals surface area contributed by atoms with Crippen molar-refractivity contribution in [3.63, 3.8) is 0 Å². The number of anilines is 1. The Morgan fingerprint density at radius 1 is 1.10 bits per heavy atom. The Morgan fingerprint density at radius 3 is 2.55 bits per heavy atom. The summed E-state index contributed by atoms with van der Waals surface area (Å²) in [6.45, 7) is 4.23. The fourth-order valence-electron chi connectivity index (χ4n) is 2.29. The Bertz CT molecular complexity index is 607. The monoisotopic (exact) mass is 268 g/mol. The summed E-state index contributed by atoms with van der Waals surface area (Å²) < 4.78 is 0. The Hall–Kier alpha value is -2.29. The smallest absolute Gasteiger partial charge is 0.251 e. The first-order valence-corrected chi connectivity index (χ1v) is 6.76. The molecule has 2 rings (SSSR count). The van der Waals surface area contributed by atoms with E-state index in [9.17, 15) is 4.79 Å². The van der Waals surface area contributed by atoms with Gasteiger partial charge in [-0.3, -0.25) is 4.79 Å². The van der Waals surface area contributed by atoms with E-state index in [-0.39, 0.29) is 11.9 Å². The van der Waals surface area contributed by atoms with Crippen molar-refractivity contribution in [2.45, 2.75) is 19.9 Å². The van der Waals surface area contributed by atoms with E-state index in [1.54, 1.807) is 7.05 Å². The van der Waals surface area contributed by atoms with Gasteiger partial charge in [0.05, 0.1) is 0 Å². The highest BCUT2D eigenvalue weighted by Crippen LogP contribution is 2.22. The molecular formula is C17H20N2O. The lowest BCUT2D eigenvalue weighted by Gasteiger charge is -2.18. The van der Waals surface area contributed by atoms with Gasteiger partial charge in [0.1, 0.15) is 0 Å². The third-order valence-electron chi connectivity index (χ3n) is 3.39. The largest absolute Gasteiger partial charge is 0.378 e. The van der Waals surface area contributed by atoms with Crippen molar-refractivity contribution >= 4 is 11.6 Å². The second-order valence-corrected chi connectivity index (χ2v) is 4.88. The molecular weight excluding hydrogens is 248 g/mol. The average Bonchev–Trinajstić information content (AvgIpc) is 2.47. The van der Waals surface area contributed by atoms with Gasteiger partial charge in [0, 0.05) is 24.3 Å². The molecule has 0 saturated carbocycles. The van der Waals surface area contributed by atoms with Gasteiger partial charge < -0.3 is 10.6 Å². The van der Waals surface area contributed by atoms with Crippen LogP contribution in [0, 0.1) is 6.92 Å². The molecule has 104 valence electrons. The summed E-state index contributed by atoms with van der Waals surface area (Å²) >= 11 is 0. The van der Waals surface area contributed by atoms with E-state index in [0.717, 1.165) is 5.69 Å². The van der Waals surface area contributed by atoms with Gasteiger partial charge in [-0.1, -0.05) is 30.3 Å². The van der Waals surface area contributed by atoms with E-state index in [1.165, 1.54) is 11.1 Å². The van der Waals surface area contributed by atoms with Gasteiger partial charge in [-0.2, -0.15) is 0 Å². The molecule has 0 aliphatic heterocycles. The van der Waals surface area contributed by atoms with Crippen LogP contribution < -0.4 is 10.6 Å². The van der Waals surface area contributed by atoms with Gasteiger partial charge in [-0.15, -0.1) is 0 Å². The van der Waals surface area contributed by atoms with E-state index in [4.69, 9.17) is 0 Å². The molecule has 0 fully saturated rings. The van der Waals surface area contributed by atoms with Crippen LogP contribution in [0.1, 0.15) is 34.5 Å². The van der Waals surface area contributed by atoms with Crippen molar-refractivity contribution in [3.05, 3.63) is 65.2 Å². The molecule has 2 N–H and O–H groups in total. The molecule has 0 radical (unpaired) electrons. The van der Waals surface area contributed by atoms with E-state index in [0.29, 0.717) is 5.56 Å². The molecule has 1 amide bonds. The summed E-state index contributed by atoms with van der Waals surface area (Å²) in [5.74, 6) is -0.0720. The molecule has 20 heavy (non-hydrogen) atoms. The highest BCUT2D eigenvalue weighted by Gasteiger charge is 2.09. The fourth-order valence-corrected chi connectivity index (χ4v) is 2.29. The van der Waals surface area contributed by atoms with Crippen LogP contribution in [0.4, 0.5) is 5.69 Å². The van der Waals surface area contributed by atoms with Crippen LogP contribution >= 0.6 is 0 Å². The molecule has 3 heteroatoms. The standard InChI is InChI=1S/C17H20N2O/c1-12-7-4-5-10-16(12)13(2)19-15-9-6-8-14(11-15)17(20)18-3/h4-11,13,19H,1-3H3,(H,18,20). The minimum absolute atomic E-state index is 0.0720. The van der Waals surface area contributed by atoms with Crippen LogP contribution in [0.5, 0.6) is 0 Å². The maximum Gasteiger partial charge on any atom is 0.251 e. The van der Waals surface area contributed by atoms with Crippen molar-refractivity contribution in [1.82, 2.24) is 5.32 Å². The topological polar surface area (TPSA) is 41.1 Å². The second kappa shape index (κ2) is 6.24. The summed E-state index contributed by atoms with van der Waals surface area (Å²) in [4.78, 5) is 11.6. The first kappa shape index (κ1) is 14.1. The molecule has 0 heterocycles. The first-order chi connectivity index (χ1) is 9.61. The average molecular weight is 268 g/mol. The van der Waals surface area contributed by atoms with Crippen LogP contribution in [0.2, 0.25) is 0 Å². The van der Waals surface area contributed by atoms with Crippen LogP contribution in [0.3, 0.4) is 0 Å². The zero-order valence-corrected chi connectivity index (χ0v) is 12.1. The number of hydrogen-bond acceptors (Lipinski definition) is 2. The Balaban J connectivity index is 2.18. The molecule has 2 aromatic carbocycles. The molecule has 0 bridgehead atoms. The lowest BCUT2D eigenvalue weighted by Crippen LogP contribution is -2.18. The van der Waals surface area contributed by atoms with Crippen molar-refractivity contribution in [1.29, 1.82) is 0 Å². The summed E-state index contributed by atoms with van der Waals surface area (Å²) in [5.41, 5.74) is 4.13. The second-order valence-electron chi connectivity index (χ2n) is 4.88. The number of rotatable bonds is 4. The van der Waals surface area contributed by atoms with E-state index in [1.807, 2.05) is 36.4 Å². The summed E-state index contributed by atoms with van der Waals surface area (Å²) in [6, 6.07) is 16.0. The number of nitrogens with one attached hydrogen (secondary N) is 2. The molecule has 1 atom stereocenters. The number of amides is 1. The Morgan fingerprint density at radius 2 is 1.85 bits per heavy atom. The normalized spacial score (nSPS) is 11.8. The molecule has 0 aliphatic carbocycles. The number of aryl methyl sites for hydroxylation is 1. The van der Waals surface area contributed by atoms with Crippen LogP contribution in [-0.4, -0.2) is 13.0 Å². The van der Waals surface area contributed by atoms with Crippen molar-refractivity contribution in [2.75, 3.05) is 12.4 Å². The van der Waals surface area contributed by atoms with Crippen molar-refractivity contribution in [3.8, 4) is 0 Å². The van der Waals surface area contributed by atoms with Gasteiger partial charge in [0.25, 0.3) is 5.91 Å². The molecule has 1 unspecified atom stereocenters. The van der Waals surface area contributed by atoms with Crippen molar-refractivity contribution < 1.29 is 4.79 Å². The predicted molar refractivity (Wildman–Crippen MR) is 83.0 cm³/mol. The SMILES string of the molecule is CNC(=O)c1cccc(NC(C)c2ccccc2C)c1. The summed E-state index contributed by atoms with van der Waals surface area (Å²) in [5, 5.41) is 6.07. The minimum Gasteiger partial charge on any atom is -0.378 e. The lowest BCUT2D eigenvalue weighted by molar-refractivity contribution is 0.0963. The quantitative estimate of drug-likeness (QED) is 0.890. The highest BCUT2D eigenvalue weighted by molar-refractivity contribution is 5.94. The Labute approximate surface area is 120 Å². The van der Waals surface area contributed by atoms with Crippen LogP contribution in [-0.2, 0) is 0 Å². The maximum atomic E-state index is 11.6. The maximum absolute atomic E-state index is 11.6. The summed E-state index contributed by atoms with van der Waals surface area (Å²) in [7, 11) is 1.64. The highest BCUT2D eigenvalue weighted by atomic mass is 16.1. The molecule has 2 aromatic rings. The van der Waals surface area contributed by atoms with E-state index < -0.39 is 0 Å². The Kier molecular flexibility index (Phi) is 4.41.